The van der Waals surface area contributed by atoms with Crippen molar-refractivity contribution >= 4 is 5.97 Å². The van der Waals surface area contributed by atoms with Crippen LogP contribution in [0.2, 0.25) is 0 Å². The molecule has 4 nitrogen and oxygen atoms in total. The van der Waals surface area contributed by atoms with Gasteiger partial charge in [-0.3, -0.25) is 0 Å². The molecule has 0 aromatic heterocycles. The fraction of sp³-hybridized carbons (Fsp3) is 0.800. The third kappa shape index (κ3) is 1.88. The van der Waals surface area contributed by atoms with E-state index in [0.717, 1.165) is 12.8 Å². The van der Waals surface area contributed by atoms with Crippen LogP contribution in [0.1, 0.15) is 32.6 Å². The minimum Gasteiger partial charge on any atom is -0.464 e. The summed E-state index contributed by atoms with van der Waals surface area (Å²) in [6.45, 7) is 1.91. The smallest absolute Gasteiger partial charge is 0.336 e. The number of aliphatic hydroxyl groups excluding tert-OH is 1. The van der Waals surface area contributed by atoms with E-state index < -0.39 is 17.5 Å². The SMILES string of the molecule is CCOC(=O)C(O)C1(C#N)CCCC1. The lowest BCUT2D eigenvalue weighted by Crippen LogP contribution is -2.39. The fourth-order valence-corrected chi connectivity index (χ4v) is 1.90. The number of rotatable bonds is 3. The van der Waals surface area contributed by atoms with Crippen molar-refractivity contribution in [1.82, 2.24) is 0 Å². The van der Waals surface area contributed by atoms with Gasteiger partial charge < -0.3 is 9.84 Å². The molecule has 1 saturated carbocycles. The molecule has 0 aromatic rings. The first kappa shape index (κ1) is 11.0. The van der Waals surface area contributed by atoms with Gasteiger partial charge in [0.1, 0.15) is 0 Å². The van der Waals surface area contributed by atoms with Crippen LogP contribution in [0.3, 0.4) is 0 Å². The second-order valence-electron chi connectivity index (χ2n) is 3.63. The molecule has 1 rings (SSSR count). The Bertz CT molecular complexity index is 251. The number of aliphatic hydroxyl groups is 1. The second-order valence-corrected chi connectivity index (χ2v) is 3.63. The van der Waals surface area contributed by atoms with Crippen LogP contribution in [0.5, 0.6) is 0 Å². The molecule has 0 bridgehead atoms. The highest BCUT2D eigenvalue weighted by Gasteiger charge is 2.45. The minimum atomic E-state index is -1.28. The summed E-state index contributed by atoms with van der Waals surface area (Å²) in [6, 6.07) is 2.07. The van der Waals surface area contributed by atoms with E-state index in [0.29, 0.717) is 12.8 Å². The van der Waals surface area contributed by atoms with Gasteiger partial charge in [-0.15, -0.1) is 0 Å². The predicted octanol–water partition coefficient (Wildman–Crippen LogP) is 0.994. The fourth-order valence-electron chi connectivity index (χ4n) is 1.90. The van der Waals surface area contributed by atoms with Crippen molar-refractivity contribution in [1.29, 1.82) is 5.26 Å². The van der Waals surface area contributed by atoms with E-state index in [-0.39, 0.29) is 6.61 Å². The Kier molecular flexibility index (Phi) is 3.48. The maximum absolute atomic E-state index is 11.3. The Balaban J connectivity index is 2.70. The molecule has 0 aromatic carbocycles. The maximum atomic E-state index is 11.3. The number of esters is 1. The number of nitrogens with zero attached hydrogens (tertiary/aromatic N) is 1. The number of nitriles is 1. The Morgan fingerprint density at radius 1 is 1.64 bits per heavy atom. The molecule has 0 aliphatic heterocycles. The average Bonchev–Trinajstić information content (AvgIpc) is 2.66. The van der Waals surface area contributed by atoms with Crippen molar-refractivity contribution in [2.45, 2.75) is 38.7 Å². The molecule has 1 atom stereocenters. The van der Waals surface area contributed by atoms with E-state index in [4.69, 9.17) is 10.00 Å². The second kappa shape index (κ2) is 4.43. The van der Waals surface area contributed by atoms with Crippen molar-refractivity contribution < 1.29 is 14.6 Å². The molecule has 1 aliphatic carbocycles. The van der Waals surface area contributed by atoms with Gasteiger partial charge in [-0.25, -0.2) is 4.79 Å². The zero-order chi connectivity index (χ0) is 10.6. The van der Waals surface area contributed by atoms with E-state index in [1.807, 2.05) is 0 Å². The van der Waals surface area contributed by atoms with Gasteiger partial charge in [0.05, 0.1) is 18.1 Å². The first-order valence-corrected chi connectivity index (χ1v) is 4.92. The van der Waals surface area contributed by atoms with Crippen LogP contribution in [0.25, 0.3) is 0 Å². The summed E-state index contributed by atoms with van der Waals surface area (Å²) in [5.41, 5.74) is -0.897. The monoisotopic (exact) mass is 197 g/mol. The van der Waals surface area contributed by atoms with Gasteiger partial charge >= 0.3 is 5.97 Å². The van der Waals surface area contributed by atoms with Gasteiger partial charge in [0, 0.05) is 0 Å². The lowest BCUT2D eigenvalue weighted by molar-refractivity contribution is -0.158. The summed E-state index contributed by atoms with van der Waals surface area (Å²) >= 11 is 0. The summed E-state index contributed by atoms with van der Waals surface area (Å²) in [6.07, 6.45) is 1.68. The van der Waals surface area contributed by atoms with Crippen LogP contribution < -0.4 is 0 Å². The van der Waals surface area contributed by atoms with E-state index in [2.05, 4.69) is 6.07 Å². The quantitative estimate of drug-likeness (QED) is 0.685. The third-order valence-corrected chi connectivity index (χ3v) is 2.75. The Labute approximate surface area is 83.5 Å². The molecular formula is C10H15NO3. The number of hydrogen-bond donors (Lipinski definition) is 1. The van der Waals surface area contributed by atoms with Crippen LogP contribution in [0.15, 0.2) is 0 Å². The molecule has 1 unspecified atom stereocenters. The molecule has 78 valence electrons. The molecule has 0 spiro atoms. The summed E-state index contributed by atoms with van der Waals surface area (Å²) in [5, 5.41) is 18.7. The molecule has 1 N–H and O–H groups in total. The number of carbonyl (C=O) groups excluding carboxylic acids is 1. The van der Waals surface area contributed by atoms with Crippen molar-refractivity contribution in [3.63, 3.8) is 0 Å². The van der Waals surface area contributed by atoms with Crippen molar-refractivity contribution in [3.8, 4) is 6.07 Å². The first-order chi connectivity index (χ1) is 6.66. The molecule has 0 amide bonds. The highest BCUT2D eigenvalue weighted by Crippen LogP contribution is 2.40. The molecule has 0 heterocycles. The van der Waals surface area contributed by atoms with Crippen molar-refractivity contribution in [2.24, 2.45) is 5.41 Å². The van der Waals surface area contributed by atoms with E-state index >= 15 is 0 Å². The van der Waals surface area contributed by atoms with Gasteiger partial charge in [0.25, 0.3) is 0 Å². The average molecular weight is 197 g/mol. The van der Waals surface area contributed by atoms with Crippen LogP contribution >= 0.6 is 0 Å². The Morgan fingerprint density at radius 3 is 2.64 bits per heavy atom. The summed E-state index contributed by atoms with van der Waals surface area (Å²) < 4.78 is 4.70. The van der Waals surface area contributed by atoms with E-state index in [1.165, 1.54) is 0 Å². The van der Waals surface area contributed by atoms with Gasteiger partial charge in [0.15, 0.2) is 6.10 Å². The number of hydrogen-bond acceptors (Lipinski definition) is 4. The number of ether oxygens (including phenoxy) is 1. The van der Waals surface area contributed by atoms with E-state index in [1.54, 1.807) is 6.92 Å². The van der Waals surface area contributed by atoms with Gasteiger partial charge in [-0.1, -0.05) is 12.8 Å². The first-order valence-electron chi connectivity index (χ1n) is 4.92. The molecule has 0 radical (unpaired) electrons. The highest BCUT2D eigenvalue weighted by molar-refractivity contribution is 5.76. The maximum Gasteiger partial charge on any atom is 0.336 e. The summed E-state index contributed by atoms with van der Waals surface area (Å²) in [7, 11) is 0. The Morgan fingerprint density at radius 2 is 2.21 bits per heavy atom. The normalized spacial score (nSPS) is 21.2. The van der Waals surface area contributed by atoms with Gasteiger partial charge in [0.2, 0.25) is 0 Å². The largest absolute Gasteiger partial charge is 0.464 e. The summed E-state index contributed by atoms with van der Waals surface area (Å²) in [4.78, 5) is 11.3. The molecule has 1 aliphatic rings. The lowest BCUT2D eigenvalue weighted by atomic mass is 9.82. The van der Waals surface area contributed by atoms with Gasteiger partial charge in [-0.05, 0) is 19.8 Å². The molecule has 14 heavy (non-hydrogen) atoms. The Hall–Kier alpha value is -1.08. The van der Waals surface area contributed by atoms with Gasteiger partial charge in [-0.2, -0.15) is 5.26 Å². The van der Waals surface area contributed by atoms with Crippen LogP contribution in [-0.4, -0.2) is 23.8 Å². The molecule has 4 heteroatoms. The van der Waals surface area contributed by atoms with Crippen molar-refractivity contribution in [3.05, 3.63) is 0 Å². The number of carbonyl (C=O) groups is 1. The third-order valence-electron chi connectivity index (χ3n) is 2.75. The predicted molar refractivity (Wildman–Crippen MR) is 49.2 cm³/mol. The van der Waals surface area contributed by atoms with Crippen LogP contribution in [-0.2, 0) is 9.53 Å². The zero-order valence-corrected chi connectivity index (χ0v) is 8.32. The minimum absolute atomic E-state index is 0.234. The molecule has 0 saturated heterocycles. The molecule has 1 fully saturated rings. The van der Waals surface area contributed by atoms with Crippen molar-refractivity contribution in [2.75, 3.05) is 6.61 Å². The molecular weight excluding hydrogens is 182 g/mol. The lowest BCUT2D eigenvalue weighted by Gasteiger charge is -2.24. The van der Waals surface area contributed by atoms with Crippen LogP contribution in [0, 0.1) is 16.7 Å². The standard InChI is InChI=1S/C10H15NO3/c1-2-14-9(13)8(12)10(7-11)5-3-4-6-10/h8,12H,2-6H2,1H3. The zero-order valence-electron chi connectivity index (χ0n) is 8.32. The topological polar surface area (TPSA) is 70.3 Å². The van der Waals surface area contributed by atoms with Crippen LogP contribution in [0.4, 0.5) is 0 Å². The summed E-state index contributed by atoms with van der Waals surface area (Å²) in [5.74, 6) is -0.670. The highest BCUT2D eigenvalue weighted by atomic mass is 16.5. The van der Waals surface area contributed by atoms with E-state index in [9.17, 15) is 9.90 Å².